The highest BCUT2D eigenvalue weighted by molar-refractivity contribution is 6.10. The number of benzene rings is 7. The predicted octanol–water partition coefficient (Wildman–Crippen LogP) is 13.0. The molecular formula is C52H37N5. The Kier molecular flexibility index (Phi) is 8.53. The fourth-order valence-corrected chi connectivity index (χ4v) is 7.73. The molecule has 0 aliphatic carbocycles. The lowest BCUT2D eigenvalue weighted by atomic mass is 10.0. The molecule has 5 heteroatoms. The van der Waals surface area contributed by atoms with Gasteiger partial charge in [-0.1, -0.05) is 145 Å². The zero-order valence-electron chi connectivity index (χ0n) is 31.6. The molecule has 0 radical (unpaired) electrons. The summed E-state index contributed by atoms with van der Waals surface area (Å²) in [4.78, 5) is 21.2. The first kappa shape index (κ1) is 34.0. The number of aromatic nitrogens is 5. The maximum Gasteiger partial charge on any atom is 0.162 e. The van der Waals surface area contributed by atoms with Crippen molar-refractivity contribution in [2.75, 3.05) is 0 Å². The topological polar surface area (TPSA) is 56.5 Å². The molecule has 0 spiro atoms. The maximum atomic E-state index is 5.36. The normalized spacial score (nSPS) is 11.3. The first-order valence-electron chi connectivity index (χ1n) is 19.2. The molecule has 0 saturated heterocycles. The first-order valence-corrected chi connectivity index (χ1v) is 19.2. The van der Waals surface area contributed by atoms with Gasteiger partial charge in [0.1, 0.15) is 0 Å². The monoisotopic (exact) mass is 731 g/mol. The molecule has 3 heterocycles. The molecule has 57 heavy (non-hydrogen) atoms. The molecule has 0 saturated carbocycles. The molecule has 0 fully saturated rings. The second kappa shape index (κ2) is 14.3. The second-order valence-corrected chi connectivity index (χ2v) is 14.5. The Balaban J connectivity index is 1.28. The van der Waals surface area contributed by atoms with Gasteiger partial charge in [0.05, 0.1) is 39.5 Å². The van der Waals surface area contributed by atoms with Crippen molar-refractivity contribution in [2.24, 2.45) is 0 Å². The van der Waals surface area contributed by atoms with Crippen molar-refractivity contribution in [3.8, 4) is 73.5 Å². The summed E-state index contributed by atoms with van der Waals surface area (Å²) < 4.78 is 2.36. The van der Waals surface area contributed by atoms with Crippen LogP contribution < -0.4 is 0 Å². The van der Waals surface area contributed by atoms with Gasteiger partial charge in [-0.05, 0) is 68.4 Å². The van der Waals surface area contributed by atoms with Gasteiger partial charge in [0, 0.05) is 44.2 Å². The van der Waals surface area contributed by atoms with E-state index in [1.807, 2.05) is 48.5 Å². The third-order valence-electron chi connectivity index (χ3n) is 10.5. The van der Waals surface area contributed by atoms with E-state index in [4.69, 9.17) is 19.9 Å². The third-order valence-corrected chi connectivity index (χ3v) is 10.5. The van der Waals surface area contributed by atoms with E-state index in [2.05, 4.69) is 158 Å². The van der Waals surface area contributed by atoms with E-state index in [9.17, 15) is 0 Å². The van der Waals surface area contributed by atoms with E-state index < -0.39 is 0 Å². The van der Waals surface area contributed by atoms with Gasteiger partial charge in [0.2, 0.25) is 0 Å². The Morgan fingerprint density at radius 3 is 1.12 bits per heavy atom. The minimum atomic E-state index is 0.615. The van der Waals surface area contributed by atoms with E-state index in [1.165, 1.54) is 21.9 Å². The second-order valence-electron chi connectivity index (χ2n) is 14.5. The Morgan fingerprint density at radius 1 is 0.333 bits per heavy atom. The molecule has 270 valence electrons. The maximum absolute atomic E-state index is 5.36. The van der Waals surface area contributed by atoms with Crippen LogP contribution in [0.4, 0.5) is 0 Å². The minimum absolute atomic E-state index is 0.615. The van der Waals surface area contributed by atoms with Gasteiger partial charge < -0.3 is 4.57 Å². The van der Waals surface area contributed by atoms with Crippen LogP contribution in [0.15, 0.2) is 188 Å². The lowest BCUT2D eigenvalue weighted by Gasteiger charge is -2.17. The summed E-state index contributed by atoms with van der Waals surface area (Å²) in [5, 5.41) is 2.41. The molecule has 0 unspecified atom stereocenters. The molecule has 0 atom stereocenters. The zero-order valence-corrected chi connectivity index (χ0v) is 31.6. The number of fused-ring (bicyclic) bond motifs is 3. The van der Waals surface area contributed by atoms with Crippen LogP contribution in [-0.2, 0) is 0 Å². The molecule has 0 N–H and O–H groups in total. The average Bonchev–Trinajstić information content (AvgIpc) is 3.59. The summed E-state index contributed by atoms with van der Waals surface area (Å²) in [5.74, 6) is 1.24. The summed E-state index contributed by atoms with van der Waals surface area (Å²) in [6.45, 7) is 4.31. The summed E-state index contributed by atoms with van der Waals surface area (Å²) in [6.07, 6.45) is 0. The molecule has 0 bridgehead atoms. The van der Waals surface area contributed by atoms with Crippen LogP contribution >= 0.6 is 0 Å². The van der Waals surface area contributed by atoms with Crippen LogP contribution in [0, 0.1) is 13.8 Å². The number of rotatable bonds is 7. The Bertz CT molecular complexity index is 2890. The number of nitrogens with zero attached hydrogens (tertiary/aromatic N) is 5. The predicted molar refractivity (Wildman–Crippen MR) is 234 cm³/mol. The van der Waals surface area contributed by atoms with Gasteiger partial charge in [0.15, 0.2) is 11.6 Å². The van der Waals surface area contributed by atoms with Crippen molar-refractivity contribution in [1.82, 2.24) is 24.5 Å². The van der Waals surface area contributed by atoms with Crippen molar-refractivity contribution < 1.29 is 0 Å². The quantitative estimate of drug-likeness (QED) is 0.164. The van der Waals surface area contributed by atoms with E-state index in [0.717, 1.165) is 72.9 Å². The molecule has 10 aromatic rings. The SMILES string of the molecule is Cc1ccc2c(c1)c1cc(C)ccc1n2-c1ccc(-c2nc(-c3ccccc3)cc(-c3ccccc3)n2)cc1-c1nc(-c2ccccc2)cc(-c2ccccc2)n1. The first-order chi connectivity index (χ1) is 28.1. The minimum Gasteiger partial charge on any atom is -0.309 e. The van der Waals surface area contributed by atoms with Gasteiger partial charge in [-0.15, -0.1) is 0 Å². The third kappa shape index (κ3) is 6.45. The van der Waals surface area contributed by atoms with Crippen molar-refractivity contribution >= 4 is 21.8 Å². The molecule has 3 aromatic heterocycles. The van der Waals surface area contributed by atoms with Crippen molar-refractivity contribution in [3.05, 3.63) is 199 Å². The Hall–Kier alpha value is -7.50. The summed E-state index contributed by atoms with van der Waals surface area (Å²) in [7, 11) is 0. The van der Waals surface area contributed by atoms with Crippen LogP contribution in [0.25, 0.3) is 95.3 Å². The molecule has 7 aromatic carbocycles. The molecule has 10 rings (SSSR count). The van der Waals surface area contributed by atoms with Gasteiger partial charge in [-0.25, -0.2) is 19.9 Å². The average molecular weight is 732 g/mol. The molecule has 0 aliphatic heterocycles. The Labute approximate surface area is 331 Å². The van der Waals surface area contributed by atoms with Crippen molar-refractivity contribution in [3.63, 3.8) is 0 Å². The van der Waals surface area contributed by atoms with Gasteiger partial charge >= 0.3 is 0 Å². The van der Waals surface area contributed by atoms with E-state index >= 15 is 0 Å². The standard InChI is InChI=1S/C52H37N5/c1-34-23-26-48-41(29-34)42-30-35(2)24-27-49(42)57(48)50-28-25-40(51-53-44(36-15-7-3-8-16-36)32-45(54-51)37-17-9-4-10-18-37)31-43(50)52-55-46(38-19-11-5-12-20-38)33-47(56-52)39-21-13-6-14-22-39/h3-33H,1-2H3. The fourth-order valence-electron chi connectivity index (χ4n) is 7.73. The fraction of sp³-hybridized carbons (Fsp3) is 0.0385. The highest BCUT2D eigenvalue weighted by Crippen LogP contribution is 2.39. The van der Waals surface area contributed by atoms with Crippen LogP contribution in [0.5, 0.6) is 0 Å². The smallest absolute Gasteiger partial charge is 0.162 e. The van der Waals surface area contributed by atoms with Crippen molar-refractivity contribution in [2.45, 2.75) is 13.8 Å². The van der Waals surface area contributed by atoms with Crippen LogP contribution in [0.1, 0.15) is 11.1 Å². The van der Waals surface area contributed by atoms with Gasteiger partial charge in [-0.2, -0.15) is 0 Å². The van der Waals surface area contributed by atoms with Gasteiger partial charge in [-0.3, -0.25) is 0 Å². The molecule has 0 amide bonds. The summed E-state index contributed by atoms with van der Waals surface area (Å²) >= 11 is 0. The Morgan fingerprint density at radius 2 is 0.719 bits per heavy atom. The van der Waals surface area contributed by atoms with Crippen LogP contribution in [-0.4, -0.2) is 24.5 Å². The summed E-state index contributed by atoms with van der Waals surface area (Å²) in [5.41, 5.74) is 14.9. The van der Waals surface area contributed by atoms with Crippen LogP contribution in [0.3, 0.4) is 0 Å². The molecule has 0 aliphatic rings. The number of hydrogen-bond acceptors (Lipinski definition) is 4. The highest BCUT2D eigenvalue weighted by atomic mass is 15.0. The number of aryl methyl sites for hydroxylation is 2. The molecule has 5 nitrogen and oxygen atoms in total. The van der Waals surface area contributed by atoms with E-state index in [-0.39, 0.29) is 0 Å². The van der Waals surface area contributed by atoms with Crippen molar-refractivity contribution in [1.29, 1.82) is 0 Å². The van der Waals surface area contributed by atoms with Crippen LogP contribution in [0.2, 0.25) is 0 Å². The lowest BCUT2D eigenvalue weighted by Crippen LogP contribution is -2.03. The van der Waals surface area contributed by atoms with Gasteiger partial charge in [0.25, 0.3) is 0 Å². The largest absolute Gasteiger partial charge is 0.309 e. The van der Waals surface area contributed by atoms with E-state index in [1.54, 1.807) is 0 Å². The molecular weight excluding hydrogens is 695 g/mol. The zero-order chi connectivity index (χ0) is 38.3. The number of hydrogen-bond donors (Lipinski definition) is 0. The lowest BCUT2D eigenvalue weighted by molar-refractivity contribution is 1.13. The highest BCUT2D eigenvalue weighted by Gasteiger charge is 2.21. The van der Waals surface area contributed by atoms with E-state index in [0.29, 0.717) is 11.6 Å². The summed E-state index contributed by atoms with van der Waals surface area (Å²) in [6, 6.07) is 65.3.